The lowest BCUT2D eigenvalue weighted by Gasteiger charge is -2.27. The third kappa shape index (κ3) is 6.72. The summed E-state index contributed by atoms with van der Waals surface area (Å²) in [5, 5.41) is 8.83. The highest BCUT2D eigenvalue weighted by Gasteiger charge is 2.34. The average molecular weight is 370 g/mol. The molecule has 0 aromatic heterocycles. The number of rotatable bonds is 11. The van der Waals surface area contributed by atoms with Crippen LogP contribution >= 0.6 is 0 Å². The number of aryl methyl sites for hydroxylation is 1. The van der Waals surface area contributed by atoms with Gasteiger partial charge in [0, 0.05) is 0 Å². The fourth-order valence-electron chi connectivity index (χ4n) is 3.21. The Bertz CT molecular complexity index is 681. The Morgan fingerprint density at radius 1 is 1.04 bits per heavy atom. The number of aliphatic hydroxyl groups excluding tert-OH is 1. The molecule has 0 saturated heterocycles. The summed E-state index contributed by atoms with van der Waals surface area (Å²) in [6.07, 6.45) is 3.27. The number of ether oxygens (including phenoxy) is 2. The van der Waals surface area contributed by atoms with E-state index in [1.165, 1.54) is 5.56 Å². The van der Waals surface area contributed by atoms with Gasteiger partial charge in [-0.25, -0.2) is 0 Å². The van der Waals surface area contributed by atoms with Gasteiger partial charge >= 0.3 is 5.97 Å². The van der Waals surface area contributed by atoms with Crippen LogP contribution in [-0.4, -0.2) is 30.9 Å². The molecule has 0 saturated carbocycles. The van der Waals surface area contributed by atoms with E-state index in [4.69, 9.17) is 14.6 Å². The zero-order valence-electron chi connectivity index (χ0n) is 16.3. The molecule has 0 aliphatic carbocycles. The number of carbonyl (C=O) groups excluding carboxylic acids is 1. The first-order chi connectivity index (χ1) is 13.1. The van der Waals surface area contributed by atoms with Gasteiger partial charge in [0.15, 0.2) is 0 Å². The SMILES string of the molecule is CCOC(=O)C(C)(CCCc1ccccc1)Cc1ccc(OCCO)cc1. The van der Waals surface area contributed by atoms with Crippen LogP contribution in [0.5, 0.6) is 5.75 Å². The van der Waals surface area contributed by atoms with Gasteiger partial charge in [0.1, 0.15) is 12.4 Å². The molecule has 0 amide bonds. The fraction of sp³-hybridized carbons (Fsp3) is 0.435. The van der Waals surface area contributed by atoms with E-state index in [2.05, 4.69) is 12.1 Å². The van der Waals surface area contributed by atoms with Gasteiger partial charge in [0.05, 0.1) is 18.6 Å². The van der Waals surface area contributed by atoms with Gasteiger partial charge < -0.3 is 14.6 Å². The Morgan fingerprint density at radius 2 is 1.74 bits per heavy atom. The molecule has 0 aliphatic rings. The third-order valence-corrected chi connectivity index (χ3v) is 4.68. The van der Waals surface area contributed by atoms with E-state index in [0.29, 0.717) is 13.0 Å². The van der Waals surface area contributed by atoms with Crippen LogP contribution in [0.4, 0.5) is 0 Å². The van der Waals surface area contributed by atoms with Crippen LogP contribution < -0.4 is 4.74 Å². The van der Waals surface area contributed by atoms with Gasteiger partial charge in [-0.15, -0.1) is 0 Å². The standard InChI is InChI=1S/C23H30O4/c1-3-26-22(25)23(2,15-7-10-19-8-5-4-6-9-19)18-20-11-13-21(14-12-20)27-17-16-24/h4-6,8-9,11-14,24H,3,7,10,15-18H2,1-2H3. The van der Waals surface area contributed by atoms with E-state index < -0.39 is 5.41 Å². The van der Waals surface area contributed by atoms with E-state index in [-0.39, 0.29) is 19.2 Å². The summed E-state index contributed by atoms with van der Waals surface area (Å²) in [5.41, 5.74) is 1.80. The van der Waals surface area contributed by atoms with Crippen molar-refractivity contribution in [2.24, 2.45) is 5.41 Å². The monoisotopic (exact) mass is 370 g/mol. The summed E-state index contributed by atoms with van der Waals surface area (Å²) in [7, 11) is 0. The minimum absolute atomic E-state index is 0.00983. The van der Waals surface area contributed by atoms with Crippen LogP contribution in [0, 0.1) is 5.41 Å². The topological polar surface area (TPSA) is 55.8 Å². The summed E-state index contributed by atoms with van der Waals surface area (Å²) in [5.74, 6) is 0.577. The average Bonchev–Trinajstić information content (AvgIpc) is 2.68. The van der Waals surface area contributed by atoms with Gasteiger partial charge in [-0.2, -0.15) is 0 Å². The Kier molecular flexibility index (Phi) is 8.34. The number of aliphatic hydroxyl groups is 1. The second kappa shape index (κ2) is 10.7. The first kappa shape index (κ1) is 21.0. The van der Waals surface area contributed by atoms with Crippen LogP contribution in [0.3, 0.4) is 0 Å². The maximum Gasteiger partial charge on any atom is 0.312 e. The van der Waals surface area contributed by atoms with Crippen LogP contribution in [0.2, 0.25) is 0 Å². The second-order valence-electron chi connectivity index (χ2n) is 7.01. The van der Waals surface area contributed by atoms with Crippen LogP contribution in [0.15, 0.2) is 54.6 Å². The molecule has 2 aromatic carbocycles. The molecule has 4 nitrogen and oxygen atoms in total. The van der Waals surface area contributed by atoms with Gasteiger partial charge in [0.25, 0.3) is 0 Å². The molecule has 4 heteroatoms. The molecule has 1 N–H and O–H groups in total. The molecule has 2 aromatic rings. The molecular weight excluding hydrogens is 340 g/mol. The number of carbonyl (C=O) groups is 1. The molecule has 0 fully saturated rings. The smallest absolute Gasteiger partial charge is 0.312 e. The highest BCUT2D eigenvalue weighted by molar-refractivity contribution is 5.76. The molecule has 0 bridgehead atoms. The number of hydrogen-bond acceptors (Lipinski definition) is 4. The molecule has 0 aliphatic heterocycles. The number of hydrogen-bond donors (Lipinski definition) is 1. The predicted octanol–water partition coefficient (Wildman–Crippen LogP) is 4.19. The first-order valence-electron chi connectivity index (χ1n) is 9.61. The quantitative estimate of drug-likeness (QED) is 0.603. The molecule has 27 heavy (non-hydrogen) atoms. The summed E-state index contributed by atoms with van der Waals surface area (Å²) >= 11 is 0. The van der Waals surface area contributed by atoms with Gasteiger partial charge in [0.2, 0.25) is 0 Å². The molecule has 0 heterocycles. The molecular formula is C23H30O4. The van der Waals surface area contributed by atoms with E-state index >= 15 is 0 Å². The van der Waals surface area contributed by atoms with Gasteiger partial charge in [-0.3, -0.25) is 4.79 Å². The van der Waals surface area contributed by atoms with Gasteiger partial charge in [-0.05, 0) is 62.8 Å². The predicted molar refractivity (Wildman–Crippen MR) is 107 cm³/mol. The van der Waals surface area contributed by atoms with Crippen LogP contribution in [0.25, 0.3) is 0 Å². The van der Waals surface area contributed by atoms with Crippen molar-refractivity contribution in [3.63, 3.8) is 0 Å². The van der Waals surface area contributed by atoms with Crippen molar-refractivity contribution in [3.05, 3.63) is 65.7 Å². The largest absolute Gasteiger partial charge is 0.491 e. The van der Waals surface area contributed by atoms with Crippen molar-refractivity contribution >= 4 is 5.97 Å². The molecule has 2 rings (SSSR count). The zero-order valence-corrected chi connectivity index (χ0v) is 16.3. The van der Waals surface area contributed by atoms with Crippen LogP contribution in [-0.2, 0) is 22.4 Å². The minimum atomic E-state index is -0.557. The molecule has 1 atom stereocenters. The van der Waals surface area contributed by atoms with Crippen molar-refractivity contribution < 1.29 is 19.4 Å². The summed E-state index contributed by atoms with van der Waals surface area (Å²) in [4.78, 5) is 12.6. The van der Waals surface area contributed by atoms with Gasteiger partial charge in [-0.1, -0.05) is 42.5 Å². The van der Waals surface area contributed by atoms with E-state index in [9.17, 15) is 4.79 Å². The lowest BCUT2D eigenvalue weighted by Crippen LogP contribution is -2.32. The molecule has 0 spiro atoms. The van der Waals surface area contributed by atoms with Crippen molar-refractivity contribution in [3.8, 4) is 5.75 Å². The van der Waals surface area contributed by atoms with Crippen molar-refractivity contribution in [2.75, 3.05) is 19.8 Å². The number of esters is 1. The second-order valence-corrected chi connectivity index (χ2v) is 7.01. The van der Waals surface area contributed by atoms with E-state index in [1.807, 2.05) is 56.3 Å². The maximum absolute atomic E-state index is 12.6. The Hall–Kier alpha value is -2.33. The van der Waals surface area contributed by atoms with Crippen LogP contribution in [0.1, 0.15) is 37.8 Å². The normalized spacial score (nSPS) is 13.0. The summed E-state index contributed by atoms with van der Waals surface area (Å²) < 4.78 is 10.8. The summed E-state index contributed by atoms with van der Waals surface area (Å²) in [6, 6.07) is 18.0. The Labute approximate surface area is 162 Å². The van der Waals surface area contributed by atoms with Crippen molar-refractivity contribution in [2.45, 2.75) is 39.5 Å². The minimum Gasteiger partial charge on any atom is -0.491 e. The molecule has 1 unspecified atom stereocenters. The lowest BCUT2D eigenvalue weighted by molar-refractivity contribution is -0.154. The molecule has 146 valence electrons. The Morgan fingerprint density at radius 3 is 2.37 bits per heavy atom. The molecule has 0 radical (unpaired) electrons. The van der Waals surface area contributed by atoms with Crippen molar-refractivity contribution in [1.82, 2.24) is 0 Å². The highest BCUT2D eigenvalue weighted by Crippen LogP contribution is 2.31. The lowest BCUT2D eigenvalue weighted by atomic mass is 9.79. The first-order valence-corrected chi connectivity index (χ1v) is 9.61. The zero-order chi connectivity index (χ0) is 19.5. The Balaban J connectivity index is 2.02. The van der Waals surface area contributed by atoms with E-state index in [1.54, 1.807) is 0 Å². The summed E-state index contributed by atoms with van der Waals surface area (Å²) in [6.45, 7) is 4.49. The number of benzene rings is 2. The fourth-order valence-corrected chi connectivity index (χ4v) is 3.21. The van der Waals surface area contributed by atoms with E-state index in [0.717, 1.165) is 30.6 Å². The highest BCUT2D eigenvalue weighted by atomic mass is 16.5. The maximum atomic E-state index is 12.6. The third-order valence-electron chi connectivity index (χ3n) is 4.68. The van der Waals surface area contributed by atoms with Crippen molar-refractivity contribution in [1.29, 1.82) is 0 Å².